The second-order valence-electron chi connectivity index (χ2n) is 6.76. The van der Waals surface area contributed by atoms with Crippen LogP contribution in [0, 0.1) is 17.6 Å². The number of benzene rings is 1. The Kier molecular flexibility index (Phi) is 5.25. The van der Waals surface area contributed by atoms with Gasteiger partial charge in [0.2, 0.25) is 5.60 Å². The van der Waals surface area contributed by atoms with Crippen LogP contribution in [0.4, 0.5) is 8.78 Å². The van der Waals surface area contributed by atoms with Crippen LogP contribution in [0.1, 0.15) is 31.2 Å². The summed E-state index contributed by atoms with van der Waals surface area (Å²) in [7, 11) is 1.33. The minimum absolute atomic E-state index is 0.00161. The topological polar surface area (TPSA) is 77.0 Å². The summed E-state index contributed by atoms with van der Waals surface area (Å²) in [6.45, 7) is 3.65. The van der Waals surface area contributed by atoms with Crippen molar-refractivity contribution in [2.24, 2.45) is 11.1 Å². The summed E-state index contributed by atoms with van der Waals surface area (Å²) in [5.74, 6) is -2.47. The van der Waals surface area contributed by atoms with Gasteiger partial charge in [-0.05, 0) is 37.5 Å². The number of amides is 1. The van der Waals surface area contributed by atoms with Gasteiger partial charge in [-0.3, -0.25) is 9.59 Å². The number of ether oxygens (including phenoxy) is 1. The summed E-state index contributed by atoms with van der Waals surface area (Å²) >= 11 is 0. The Morgan fingerprint density at radius 2 is 2.04 bits per heavy atom. The lowest BCUT2D eigenvalue weighted by Gasteiger charge is -2.24. The Balaban J connectivity index is 1.67. The van der Waals surface area contributed by atoms with E-state index in [9.17, 15) is 18.4 Å². The van der Waals surface area contributed by atoms with Crippen LogP contribution in [0.2, 0.25) is 0 Å². The van der Waals surface area contributed by atoms with Crippen molar-refractivity contribution in [3.63, 3.8) is 0 Å². The van der Waals surface area contributed by atoms with Crippen molar-refractivity contribution < 1.29 is 27.9 Å². The molecule has 1 saturated carbocycles. The predicted octanol–water partition coefficient (Wildman–Crippen LogP) is 2.47. The van der Waals surface area contributed by atoms with Crippen molar-refractivity contribution >= 4 is 17.6 Å². The van der Waals surface area contributed by atoms with Crippen molar-refractivity contribution in [1.82, 2.24) is 5.32 Å². The van der Waals surface area contributed by atoms with E-state index in [1.165, 1.54) is 13.2 Å². The molecule has 6 nitrogen and oxygen atoms in total. The molecular formula is C19H20F2N2O4. The third-order valence-corrected chi connectivity index (χ3v) is 4.96. The van der Waals surface area contributed by atoms with Gasteiger partial charge in [-0.2, -0.15) is 0 Å². The summed E-state index contributed by atoms with van der Waals surface area (Å²) in [4.78, 5) is 29.7. The highest BCUT2D eigenvalue weighted by Crippen LogP contribution is 2.31. The lowest BCUT2D eigenvalue weighted by Crippen LogP contribution is -2.48. The molecule has 0 saturated heterocycles. The average molecular weight is 378 g/mol. The van der Waals surface area contributed by atoms with E-state index in [0.717, 1.165) is 18.2 Å². The van der Waals surface area contributed by atoms with Gasteiger partial charge < -0.3 is 14.9 Å². The maximum atomic E-state index is 13.4. The van der Waals surface area contributed by atoms with Crippen LogP contribution in [-0.2, 0) is 19.2 Å². The smallest absolute Gasteiger partial charge is 0.308 e. The van der Waals surface area contributed by atoms with E-state index in [1.54, 1.807) is 0 Å². The number of oxime groups is 1. The molecule has 1 aliphatic heterocycles. The van der Waals surface area contributed by atoms with Gasteiger partial charge in [-0.25, -0.2) is 8.78 Å². The van der Waals surface area contributed by atoms with E-state index in [1.807, 2.05) is 0 Å². The van der Waals surface area contributed by atoms with E-state index in [4.69, 9.17) is 9.57 Å². The largest absolute Gasteiger partial charge is 0.469 e. The molecule has 1 heterocycles. The Hall–Kier alpha value is -2.77. The van der Waals surface area contributed by atoms with E-state index < -0.39 is 23.1 Å². The van der Waals surface area contributed by atoms with Gasteiger partial charge in [0, 0.05) is 24.1 Å². The van der Waals surface area contributed by atoms with Crippen molar-refractivity contribution in [3.05, 3.63) is 48.1 Å². The molecule has 0 bridgehead atoms. The van der Waals surface area contributed by atoms with Crippen LogP contribution >= 0.6 is 0 Å². The van der Waals surface area contributed by atoms with Crippen LogP contribution in [-0.4, -0.2) is 36.3 Å². The second-order valence-corrected chi connectivity index (χ2v) is 6.76. The van der Waals surface area contributed by atoms with Gasteiger partial charge in [0.15, 0.2) is 0 Å². The molecule has 8 heteroatoms. The molecule has 0 unspecified atom stereocenters. The average Bonchev–Trinajstić information content (AvgIpc) is 3.28. The fraction of sp³-hybridized carbons (Fsp3) is 0.421. The van der Waals surface area contributed by atoms with Crippen molar-refractivity contribution in [1.29, 1.82) is 0 Å². The summed E-state index contributed by atoms with van der Waals surface area (Å²) < 4.78 is 31.6. The van der Waals surface area contributed by atoms with E-state index in [-0.39, 0.29) is 35.6 Å². The van der Waals surface area contributed by atoms with Gasteiger partial charge >= 0.3 is 5.97 Å². The van der Waals surface area contributed by atoms with Crippen LogP contribution in [0.5, 0.6) is 0 Å². The Morgan fingerprint density at radius 3 is 2.67 bits per heavy atom. The first-order chi connectivity index (χ1) is 12.9. The van der Waals surface area contributed by atoms with Gasteiger partial charge in [-0.1, -0.05) is 11.7 Å². The highest BCUT2D eigenvalue weighted by atomic mass is 19.1. The summed E-state index contributed by atoms with van der Waals surface area (Å²) in [6.07, 6.45) is 3.07. The monoisotopic (exact) mass is 378 g/mol. The van der Waals surface area contributed by atoms with E-state index >= 15 is 0 Å². The van der Waals surface area contributed by atoms with Crippen LogP contribution < -0.4 is 5.32 Å². The number of carbonyl (C=O) groups is 2. The number of hydrogen-bond acceptors (Lipinski definition) is 5. The van der Waals surface area contributed by atoms with Crippen molar-refractivity contribution in [2.75, 3.05) is 7.11 Å². The standard InChI is InChI=1S/C19H20F2N2O4/c1-3-19(18(25)22-15-5-4-11(8-15)17(24)26-2)10-16(23-27-19)12-6-13(20)9-14(21)7-12/h3,6-7,9,11,15H,1,4-5,8,10H2,2H3,(H,22,25)/t11-,15+,19-/m1/s1. The molecule has 1 N–H and O–H groups in total. The van der Waals surface area contributed by atoms with Crippen LogP contribution in [0.15, 0.2) is 36.0 Å². The zero-order chi connectivity index (χ0) is 19.6. The maximum absolute atomic E-state index is 13.4. The normalized spacial score (nSPS) is 26.9. The first-order valence-corrected chi connectivity index (χ1v) is 8.61. The van der Waals surface area contributed by atoms with Crippen LogP contribution in [0.3, 0.4) is 0 Å². The molecule has 1 aromatic carbocycles. The number of methoxy groups -OCH3 is 1. The molecule has 27 heavy (non-hydrogen) atoms. The quantitative estimate of drug-likeness (QED) is 0.631. The number of nitrogens with zero attached hydrogens (tertiary/aromatic N) is 1. The van der Waals surface area contributed by atoms with Crippen molar-refractivity contribution in [2.45, 2.75) is 37.3 Å². The molecule has 3 atom stereocenters. The summed E-state index contributed by atoms with van der Waals surface area (Å²) in [6, 6.07) is 2.81. The van der Waals surface area contributed by atoms with Gasteiger partial charge in [0.25, 0.3) is 5.91 Å². The molecule has 1 aromatic rings. The van der Waals surface area contributed by atoms with Crippen LogP contribution in [0.25, 0.3) is 0 Å². The highest BCUT2D eigenvalue weighted by molar-refractivity contribution is 6.06. The first kappa shape index (κ1) is 19.0. The number of esters is 1. The first-order valence-electron chi connectivity index (χ1n) is 8.61. The Labute approximate surface area is 155 Å². The van der Waals surface area contributed by atoms with Gasteiger partial charge in [0.05, 0.1) is 18.7 Å². The highest BCUT2D eigenvalue weighted by Gasteiger charge is 2.45. The zero-order valence-electron chi connectivity index (χ0n) is 14.8. The molecule has 2 aliphatic rings. The summed E-state index contributed by atoms with van der Waals surface area (Å²) in [5, 5.41) is 6.69. The third kappa shape index (κ3) is 3.84. The molecule has 0 spiro atoms. The molecule has 1 fully saturated rings. The van der Waals surface area contributed by atoms with E-state index in [0.29, 0.717) is 19.3 Å². The van der Waals surface area contributed by atoms with E-state index in [2.05, 4.69) is 17.1 Å². The number of halogens is 2. The van der Waals surface area contributed by atoms with Gasteiger partial charge in [-0.15, -0.1) is 0 Å². The number of rotatable bonds is 5. The SMILES string of the molecule is C=C[C@]1(C(=O)N[C@H]2CC[C@@H](C(=O)OC)C2)CC(c2cc(F)cc(F)c2)=NO1. The summed E-state index contributed by atoms with van der Waals surface area (Å²) in [5.41, 5.74) is -1.00. The number of hydrogen-bond donors (Lipinski definition) is 1. The minimum Gasteiger partial charge on any atom is -0.469 e. The fourth-order valence-electron chi connectivity index (χ4n) is 3.45. The number of carbonyl (C=O) groups excluding carboxylic acids is 2. The minimum atomic E-state index is -1.46. The zero-order valence-corrected chi connectivity index (χ0v) is 14.8. The maximum Gasteiger partial charge on any atom is 0.308 e. The Morgan fingerprint density at radius 1 is 1.33 bits per heavy atom. The molecule has 144 valence electrons. The molecule has 1 aliphatic carbocycles. The molecular weight excluding hydrogens is 358 g/mol. The molecule has 0 aromatic heterocycles. The molecule has 3 rings (SSSR count). The third-order valence-electron chi connectivity index (χ3n) is 4.96. The molecule has 1 amide bonds. The van der Waals surface area contributed by atoms with Crippen molar-refractivity contribution in [3.8, 4) is 0 Å². The predicted molar refractivity (Wildman–Crippen MR) is 92.8 cm³/mol. The lowest BCUT2D eigenvalue weighted by atomic mass is 9.92. The number of nitrogens with one attached hydrogen (secondary N) is 1. The lowest BCUT2D eigenvalue weighted by molar-refractivity contribution is -0.145. The Bertz CT molecular complexity index is 791. The van der Waals surface area contributed by atoms with Gasteiger partial charge in [0.1, 0.15) is 11.6 Å². The molecule has 0 radical (unpaired) electrons. The fourth-order valence-corrected chi connectivity index (χ4v) is 3.45. The second kappa shape index (κ2) is 7.46.